The number of aromatic amines is 1. The van der Waals surface area contributed by atoms with Gasteiger partial charge < -0.3 is 10.6 Å². The number of aromatic nitrogens is 2. The van der Waals surface area contributed by atoms with E-state index in [4.69, 9.17) is 5.73 Å². The van der Waals surface area contributed by atoms with Gasteiger partial charge in [0.1, 0.15) is 0 Å². The number of piperidine rings is 1. The fraction of sp³-hybridized carbons (Fsp3) is 0.667. The van der Waals surface area contributed by atoms with Crippen LogP contribution in [0, 0.1) is 6.92 Å². The number of hydrogen-bond donors (Lipinski definition) is 2. The number of H-pyrrole nitrogens is 1. The number of carbonyl (C=O) groups excluding carboxylic acids is 1. The number of nitrogens with one attached hydrogen (secondary N) is 1. The lowest BCUT2D eigenvalue weighted by molar-refractivity contribution is 0.0604. The minimum atomic E-state index is 0.0920. The summed E-state index contributed by atoms with van der Waals surface area (Å²) in [7, 11) is 0. The smallest absolute Gasteiger partial charge is 0.257 e. The Kier molecular flexibility index (Phi) is 3.78. The molecule has 1 amide bonds. The Morgan fingerprint density at radius 2 is 2.47 bits per heavy atom. The summed E-state index contributed by atoms with van der Waals surface area (Å²) in [6.45, 7) is 3.36. The molecule has 2 rings (SSSR count). The molecule has 2 heterocycles. The van der Waals surface area contributed by atoms with E-state index in [-0.39, 0.29) is 5.91 Å². The van der Waals surface area contributed by atoms with Crippen LogP contribution in [0.25, 0.3) is 0 Å². The van der Waals surface area contributed by atoms with Crippen LogP contribution in [0.15, 0.2) is 6.20 Å². The van der Waals surface area contributed by atoms with Crippen LogP contribution < -0.4 is 5.73 Å². The molecule has 1 aliphatic rings. The highest BCUT2D eigenvalue weighted by Gasteiger charge is 2.28. The van der Waals surface area contributed by atoms with Gasteiger partial charge in [-0.1, -0.05) is 0 Å². The Morgan fingerprint density at radius 1 is 1.65 bits per heavy atom. The second kappa shape index (κ2) is 5.31. The van der Waals surface area contributed by atoms with E-state index in [1.807, 2.05) is 11.8 Å². The first-order chi connectivity index (χ1) is 8.24. The Hall–Kier alpha value is -1.36. The number of nitrogens with two attached hydrogens (primary N) is 1. The largest absolute Gasteiger partial charge is 0.336 e. The molecule has 1 aromatic heterocycles. The summed E-state index contributed by atoms with van der Waals surface area (Å²) in [5.74, 6) is 0.0920. The maximum absolute atomic E-state index is 12.4. The molecule has 0 bridgehead atoms. The molecule has 1 fully saturated rings. The van der Waals surface area contributed by atoms with Crippen LogP contribution in [0.1, 0.15) is 41.7 Å². The number of aryl methyl sites for hydroxylation is 1. The van der Waals surface area contributed by atoms with Crippen molar-refractivity contribution >= 4 is 5.91 Å². The van der Waals surface area contributed by atoms with Gasteiger partial charge in [-0.3, -0.25) is 9.89 Å². The molecule has 5 nitrogen and oxygen atoms in total. The zero-order valence-electron chi connectivity index (χ0n) is 10.3. The number of carbonyl (C=O) groups is 1. The van der Waals surface area contributed by atoms with E-state index in [0.29, 0.717) is 18.2 Å². The number of likely N-dealkylation sites (tertiary alicyclic amines) is 1. The van der Waals surface area contributed by atoms with E-state index in [1.165, 1.54) is 6.42 Å². The van der Waals surface area contributed by atoms with E-state index in [0.717, 1.165) is 31.5 Å². The summed E-state index contributed by atoms with van der Waals surface area (Å²) < 4.78 is 0. The molecular weight excluding hydrogens is 216 g/mol. The average Bonchev–Trinajstić information content (AvgIpc) is 2.76. The molecule has 1 aliphatic heterocycles. The summed E-state index contributed by atoms with van der Waals surface area (Å²) in [5.41, 5.74) is 7.14. The fourth-order valence-corrected chi connectivity index (χ4v) is 2.48. The van der Waals surface area contributed by atoms with Crippen LogP contribution >= 0.6 is 0 Å². The minimum Gasteiger partial charge on any atom is -0.336 e. The standard InChI is InChI=1S/C12H20N4O/c1-9-11(8-14-15-9)12(17)16-7-3-2-4-10(16)5-6-13/h8,10H,2-7,13H2,1H3,(H,14,15). The van der Waals surface area contributed by atoms with Crippen molar-refractivity contribution in [2.45, 2.75) is 38.6 Å². The zero-order valence-corrected chi connectivity index (χ0v) is 10.3. The molecule has 0 aromatic carbocycles. The van der Waals surface area contributed by atoms with E-state index in [2.05, 4.69) is 10.2 Å². The third kappa shape index (κ3) is 2.49. The summed E-state index contributed by atoms with van der Waals surface area (Å²) in [6.07, 6.45) is 5.86. The van der Waals surface area contributed by atoms with Crippen LogP contribution in [0.5, 0.6) is 0 Å². The number of hydrogen-bond acceptors (Lipinski definition) is 3. The highest BCUT2D eigenvalue weighted by Crippen LogP contribution is 2.22. The van der Waals surface area contributed by atoms with E-state index < -0.39 is 0 Å². The second-order valence-corrected chi connectivity index (χ2v) is 4.63. The molecule has 1 aromatic rings. The van der Waals surface area contributed by atoms with Gasteiger partial charge in [0.25, 0.3) is 5.91 Å². The van der Waals surface area contributed by atoms with Crippen molar-refractivity contribution in [3.8, 4) is 0 Å². The summed E-state index contributed by atoms with van der Waals surface area (Å²) in [6, 6.07) is 0.301. The fourth-order valence-electron chi connectivity index (χ4n) is 2.48. The van der Waals surface area contributed by atoms with Crippen molar-refractivity contribution < 1.29 is 4.79 Å². The lowest BCUT2D eigenvalue weighted by Crippen LogP contribution is -2.44. The predicted octanol–water partition coefficient (Wildman–Crippen LogP) is 1.06. The Bertz CT molecular complexity index is 386. The first-order valence-electron chi connectivity index (χ1n) is 6.25. The van der Waals surface area contributed by atoms with Crippen LogP contribution in [0.3, 0.4) is 0 Å². The zero-order chi connectivity index (χ0) is 12.3. The highest BCUT2D eigenvalue weighted by atomic mass is 16.2. The average molecular weight is 236 g/mol. The van der Waals surface area contributed by atoms with Gasteiger partial charge >= 0.3 is 0 Å². The number of amides is 1. The molecule has 1 saturated heterocycles. The summed E-state index contributed by atoms with van der Waals surface area (Å²) >= 11 is 0. The molecule has 0 radical (unpaired) electrons. The van der Waals surface area contributed by atoms with Crippen LogP contribution in [0.4, 0.5) is 0 Å². The topological polar surface area (TPSA) is 75.0 Å². The van der Waals surface area contributed by atoms with Crippen molar-refractivity contribution in [3.63, 3.8) is 0 Å². The summed E-state index contributed by atoms with van der Waals surface area (Å²) in [4.78, 5) is 14.4. The maximum atomic E-state index is 12.4. The first-order valence-corrected chi connectivity index (χ1v) is 6.25. The number of nitrogens with zero attached hydrogens (tertiary/aromatic N) is 2. The van der Waals surface area contributed by atoms with E-state index in [9.17, 15) is 4.79 Å². The van der Waals surface area contributed by atoms with Crippen LogP contribution in [0.2, 0.25) is 0 Å². The lowest BCUT2D eigenvalue weighted by atomic mass is 9.98. The van der Waals surface area contributed by atoms with Gasteiger partial charge in [-0.15, -0.1) is 0 Å². The van der Waals surface area contributed by atoms with Crippen LogP contribution in [-0.2, 0) is 0 Å². The Morgan fingerprint density at radius 3 is 3.12 bits per heavy atom. The Balaban J connectivity index is 2.14. The first kappa shape index (κ1) is 12.1. The van der Waals surface area contributed by atoms with Gasteiger partial charge in [0.05, 0.1) is 11.8 Å². The molecule has 0 aliphatic carbocycles. The van der Waals surface area contributed by atoms with E-state index in [1.54, 1.807) is 6.20 Å². The van der Waals surface area contributed by atoms with Crippen molar-refractivity contribution in [2.75, 3.05) is 13.1 Å². The third-order valence-corrected chi connectivity index (χ3v) is 3.45. The summed E-state index contributed by atoms with van der Waals surface area (Å²) in [5, 5.41) is 6.72. The molecule has 17 heavy (non-hydrogen) atoms. The molecule has 94 valence electrons. The van der Waals surface area contributed by atoms with Crippen molar-refractivity contribution in [2.24, 2.45) is 5.73 Å². The highest BCUT2D eigenvalue weighted by molar-refractivity contribution is 5.95. The second-order valence-electron chi connectivity index (χ2n) is 4.63. The quantitative estimate of drug-likeness (QED) is 0.824. The van der Waals surface area contributed by atoms with E-state index >= 15 is 0 Å². The molecule has 1 unspecified atom stereocenters. The molecule has 0 spiro atoms. The molecular formula is C12H20N4O. The SMILES string of the molecule is Cc1[nH]ncc1C(=O)N1CCCCC1CCN. The van der Waals surface area contributed by atoms with Gasteiger partial charge in [-0.05, 0) is 39.2 Å². The minimum absolute atomic E-state index is 0.0920. The molecule has 3 N–H and O–H groups in total. The molecule has 0 saturated carbocycles. The van der Waals surface area contributed by atoms with Crippen LogP contribution in [-0.4, -0.2) is 40.1 Å². The van der Waals surface area contributed by atoms with Gasteiger partial charge in [-0.2, -0.15) is 5.10 Å². The molecule has 5 heteroatoms. The number of rotatable bonds is 3. The maximum Gasteiger partial charge on any atom is 0.257 e. The Labute approximate surface area is 101 Å². The monoisotopic (exact) mass is 236 g/mol. The van der Waals surface area contributed by atoms with Crippen molar-refractivity contribution in [1.29, 1.82) is 0 Å². The lowest BCUT2D eigenvalue weighted by Gasteiger charge is -2.35. The van der Waals surface area contributed by atoms with Gasteiger partial charge in [-0.25, -0.2) is 0 Å². The predicted molar refractivity (Wildman–Crippen MR) is 65.7 cm³/mol. The normalized spacial score (nSPS) is 20.6. The van der Waals surface area contributed by atoms with Gasteiger partial charge in [0.15, 0.2) is 0 Å². The third-order valence-electron chi connectivity index (χ3n) is 3.45. The van der Waals surface area contributed by atoms with Gasteiger partial charge in [0, 0.05) is 18.3 Å². The van der Waals surface area contributed by atoms with Gasteiger partial charge in [0.2, 0.25) is 0 Å². The van der Waals surface area contributed by atoms with Crippen molar-refractivity contribution in [3.05, 3.63) is 17.5 Å². The molecule has 1 atom stereocenters. The van der Waals surface area contributed by atoms with Crippen molar-refractivity contribution in [1.82, 2.24) is 15.1 Å².